The zero-order valence-electron chi connectivity index (χ0n) is 14.0. The molecular weight excluding hydrogens is 384 g/mol. The lowest BCUT2D eigenvalue weighted by Gasteiger charge is -2.08. The van der Waals surface area contributed by atoms with Crippen LogP contribution in [-0.2, 0) is 14.8 Å². The quantitative estimate of drug-likeness (QED) is 0.548. The van der Waals surface area contributed by atoms with Crippen molar-refractivity contribution in [2.45, 2.75) is 18.2 Å². The molecule has 144 valence electrons. The van der Waals surface area contributed by atoms with E-state index in [1.807, 2.05) is 0 Å². The molecule has 0 bridgehead atoms. The molecule has 0 atom stereocenters. The van der Waals surface area contributed by atoms with Gasteiger partial charge < -0.3 is 5.32 Å². The van der Waals surface area contributed by atoms with Gasteiger partial charge in [0.1, 0.15) is 0 Å². The molecule has 8 nitrogen and oxygen atoms in total. The second-order valence-corrected chi connectivity index (χ2v) is 7.30. The second-order valence-electron chi connectivity index (χ2n) is 5.53. The summed E-state index contributed by atoms with van der Waals surface area (Å²) >= 11 is 0. The van der Waals surface area contributed by atoms with Crippen LogP contribution in [0, 0.1) is 28.7 Å². The fourth-order valence-corrected chi connectivity index (χ4v) is 3.18. The third-order valence-electron chi connectivity index (χ3n) is 3.54. The van der Waals surface area contributed by atoms with Crippen LogP contribution >= 0.6 is 0 Å². The van der Waals surface area contributed by atoms with Gasteiger partial charge in [-0.3, -0.25) is 14.9 Å². The largest absolute Gasteiger partial charge is 0.326 e. The molecule has 0 aromatic heterocycles. The number of benzene rings is 2. The molecule has 0 saturated carbocycles. The molecule has 11 heteroatoms. The molecule has 2 aromatic rings. The predicted octanol–water partition coefficient (Wildman–Crippen LogP) is 2.49. The Balaban J connectivity index is 1.95. The number of carbonyl (C=O) groups excluding carboxylic acids is 1. The summed E-state index contributed by atoms with van der Waals surface area (Å²) in [4.78, 5) is 21.7. The molecule has 2 aromatic carbocycles. The Hall–Kier alpha value is -2.92. The van der Waals surface area contributed by atoms with Gasteiger partial charge in [0.25, 0.3) is 5.69 Å². The molecule has 27 heavy (non-hydrogen) atoms. The van der Waals surface area contributed by atoms with Crippen molar-refractivity contribution in [3.63, 3.8) is 0 Å². The first-order valence-electron chi connectivity index (χ1n) is 7.60. The van der Waals surface area contributed by atoms with E-state index in [4.69, 9.17) is 0 Å². The summed E-state index contributed by atoms with van der Waals surface area (Å²) in [5.41, 5.74) is 0.463. The summed E-state index contributed by atoms with van der Waals surface area (Å²) in [6.07, 6.45) is -0.273. The minimum atomic E-state index is -4.12. The molecule has 1 amide bonds. The van der Waals surface area contributed by atoms with Gasteiger partial charge in [0.15, 0.2) is 11.6 Å². The van der Waals surface area contributed by atoms with E-state index in [2.05, 4.69) is 10.0 Å². The van der Waals surface area contributed by atoms with Gasteiger partial charge in [0.2, 0.25) is 15.9 Å². The van der Waals surface area contributed by atoms with E-state index in [0.717, 1.165) is 6.07 Å². The van der Waals surface area contributed by atoms with Crippen LogP contribution in [0.25, 0.3) is 0 Å². The highest BCUT2D eigenvalue weighted by molar-refractivity contribution is 7.89. The first kappa shape index (κ1) is 20.4. The maximum absolute atomic E-state index is 13.1. The van der Waals surface area contributed by atoms with Crippen molar-refractivity contribution in [3.8, 4) is 0 Å². The molecule has 0 heterocycles. The standard InChI is InChI=1S/C16H15F2N3O5S/c1-10-2-3-11(8-15(10)21(23)24)20-16(22)6-7-19-27(25,26)12-4-5-13(17)14(18)9-12/h2-5,8-9,19H,6-7H2,1H3,(H,20,22). The number of rotatable bonds is 7. The van der Waals surface area contributed by atoms with Gasteiger partial charge in [0.05, 0.1) is 9.82 Å². The van der Waals surface area contributed by atoms with Crippen molar-refractivity contribution < 1.29 is 26.9 Å². The van der Waals surface area contributed by atoms with E-state index >= 15 is 0 Å². The maximum atomic E-state index is 13.1. The number of amides is 1. The molecule has 0 unspecified atom stereocenters. The number of carbonyl (C=O) groups is 1. The highest BCUT2D eigenvalue weighted by atomic mass is 32.2. The van der Waals surface area contributed by atoms with E-state index in [0.29, 0.717) is 17.7 Å². The molecule has 0 radical (unpaired) electrons. The Morgan fingerprint density at radius 2 is 1.85 bits per heavy atom. The Morgan fingerprint density at radius 3 is 2.48 bits per heavy atom. The zero-order chi connectivity index (χ0) is 20.2. The van der Waals surface area contributed by atoms with Gasteiger partial charge in [-0.2, -0.15) is 0 Å². The van der Waals surface area contributed by atoms with Crippen LogP contribution in [0.3, 0.4) is 0 Å². The number of nitrogens with zero attached hydrogens (tertiary/aromatic N) is 1. The molecule has 2 rings (SSSR count). The lowest BCUT2D eigenvalue weighted by Crippen LogP contribution is -2.28. The first-order valence-corrected chi connectivity index (χ1v) is 9.08. The molecule has 0 saturated heterocycles. The van der Waals surface area contributed by atoms with Crippen LogP contribution in [0.4, 0.5) is 20.2 Å². The van der Waals surface area contributed by atoms with Crippen LogP contribution < -0.4 is 10.0 Å². The van der Waals surface area contributed by atoms with Crippen LogP contribution in [-0.4, -0.2) is 25.8 Å². The van der Waals surface area contributed by atoms with Crippen molar-refractivity contribution in [1.29, 1.82) is 0 Å². The number of aryl methyl sites for hydroxylation is 1. The molecule has 0 aliphatic rings. The minimum Gasteiger partial charge on any atom is -0.326 e. The van der Waals surface area contributed by atoms with Crippen molar-refractivity contribution in [1.82, 2.24) is 4.72 Å². The smallest absolute Gasteiger partial charge is 0.274 e. The summed E-state index contributed by atoms with van der Waals surface area (Å²) in [5, 5.41) is 13.3. The minimum absolute atomic E-state index is 0.160. The normalized spacial score (nSPS) is 11.2. The zero-order valence-corrected chi connectivity index (χ0v) is 14.8. The summed E-state index contributed by atoms with van der Waals surface area (Å²) < 4.78 is 52.1. The molecule has 2 N–H and O–H groups in total. The predicted molar refractivity (Wildman–Crippen MR) is 92.6 cm³/mol. The summed E-state index contributed by atoms with van der Waals surface area (Å²) in [6.45, 7) is 1.25. The summed E-state index contributed by atoms with van der Waals surface area (Å²) in [7, 11) is -4.12. The topological polar surface area (TPSA) is 118 Å². The van der Waals surface area contributed by atoms with E-state index in [-0.39, 0.29) is 24.3 Å². The van der Waals surface area contributed by atoms with Gasteiger partial charge in [-0.15, -0.1) is 0 Å². The summed E-state index contributed by atoms with van der Waals surface area (Å²) in [5.74, 6) is -3.07. The Bertz CT molecular complexity index is 996. The van der Waals surface area contributed by atoms with Crippen molar-refractivity contribution >= 4 is 27.3 Å². The van der Waals surface area contributed by atoms with E-state index in [1.54, 1.807) is 6.92 Å². The molecule has 0 aliphatic heterocycles. The maximum Gasteiger partial charge on any atom is 0.274 e. The van der Waals surface area contributed by atoms with Gasteiger partial charge >= 0.3 is 0 Å². The number of nitro groups is 1. The van der Waals surface area contributed by atoms with Crippen LogP contribution in [0.15, 0.2) is 41.3 Å². The van der Waals surface area contributed by atoms with E-state index in [9.17, 15) is 32.1 Å². The van der Waals surface area contributed by atoms with Crippen LogP contribution in [0.1, 0.15) is 12.0 Å². The number of hydrogen-bond acceptors (Lipinski definition) is 5. The Kier molecular flexibility index (Phi) is 6.18. The van der Waals surface area contributed by atoms with Gasteiger partial charge in [-0.05, 0) is 31.2 Å². The van der Waals surface area contributed by atoms with Gasteiger partial charge in [-0.25, -0.2) is 21.9 Å². The van der Waals surface area contributed by atoms with Crippen LogP contribution in [0.5, 0.6) is 0 Å². The van der Waals surface area contributed by atoms with Crippen molar-refractivity contribution in [3.05, 3.63) is 63.7 Å². The van der Waals surface area contributed by atoms with E-state index in [1.165, 1.54) is 18.2 Å². The summed E-state index contributed by atoms with van der Waals surface area (Å²) in [6, 6.07) is 6.25. The van der Waals surface area contributed by atoms with Crippen LogP contribution in [0.2, 0.25) is 0 Å². The van der Waals surface area contributed by atoms with Crippen molar-refractivity contribution in [2.75, 3.05) is 11.9 Å². The number of anilines is 1. The molecule has 0 aliphatic carbocycles. The lowest BCUT2D eigenvalue weighted by atomic mass is 10.2. The molecule has 0 fully saturated rings. The Labute approximate surface area is 153 Å². The number of sulfonamides is 1. The first-order chi connectivity index (χ1) is 12.6. The van der Waals surface area contributed by atoms with Crippen molar-refractivity contribution in [2.24, 2.45) is 0 Å². The Morgan fingerprint density at radius 1 is 1.15 bits per heavy atom. The number of nitro benzene ring substituents is 1. The number of nitrogens with one attached hydrogen (secondary N) is 2. The average Bonchev–Trinajstić information content (AvgIpc) is 2.58. The lowest BCUT2D eigenvalue weighted by molar-refractivity contribution is -0.385. The third kappa shape index (κ3) is 5.28. The van der Waals surface area contributed by atoms with Gasteiger partial charge in [0, 0.05) is 30.3 Å². The number of halogens is 2. The highest BCUT2D eigenvalue weighted by Gasteiger charge is 2.17. The fraction of sp³-hybridized carbons (Fsp3) is 0.188. The average molecular weight is 399 g/mol. The second kappa shape index (κ2) is 8.18. The SMILES string of the molecule is Cc1ccc(NC(=O)CCNS(=O)(=O)c2ccc(F)c(F)c2)cc1[N+](=O)[O-]. The number of hydrogen-bond donors (Lipinski definition) is 2. The monoisotopic (exact) mass is 399 g/mol. The fourth-order valence-electron chi connectivity index (χ4n) is 2.13. The van der Waals surface area contributed by atoms with Gasteiger partial charge in [-0.1, -0.05) is 6.07 Å². The highest BCUT2D eigenvalue weighted by Crippen LogP contribution is 2.22. The molecular formula is C16H15F2N3O5S. The molecule has 0 spiro atoms. The van der Waals surface area contributed by atoms with E-state index < -0.39 is 37.4 Å². The third-order valence-corrected chi connectivity index (χ3v) is 4.99.